The van der Waals surface area contributed by atoms with E-state index in [9.17, 15) is 4.39 Å². The highest BCUT2D eigenvalue weighted by atomic mass is 19.1. The highest BCUT2D eigenvalue weighted by molar-refractivity contribution is 5.79. The molecule has 0 bridgehead atoms. The van der Waals surface area contributed by atoms with E-state index in [0.29, 0.717) is 5.69 Å². The molecular formula is C15H12FN5. The Kier molecular flexibility index (Phi) is 3.42. The largest absolute Gasteiger partial charge is 0.368 e. The quantitative estimate of drug-likeness (QED) is 0.750. The number of pyridine rings is 1. The lowest BCUT2D eigenvalue weighted by Crippen LogP contribution is -1.96. The summed E-state index contributed by atoms with van der Waals surface area (Å²) in [7, 11) is 0. The van der Waals surface area contributed by atoms with Crippen LogP contribution in [0.4, 0.5) is 10.3 Å². The third-order valence-corrected chi connectivity index (χ3v) is 2.84. The summed E-state index contributed by atoms with van der Waals surface area (Å²) in [6.07, 6.45) is 4.96. The van der Waals surface area contributed by atoms with E-state index in [1.54, 1.807) is 30.7 Å². The molecule has 3 rings (SSSR count). The molecule has 0 amide bonds. The lowest BCUT2D eigenvalue weighted by atomic mass is 10.2. The van der Waals surface area contributed by atoms with Gasteiger partial charge in [-0.1, -0.05) is 18.2 Å². The van der Waals surface area contributed by atoms with Crippen LogP contribution in [0.1, 0.15) is 5.56 Å². The van der Waals surface area contributed by atoms with Crippen LogP contribution in [0.5, 0.6) is 0 Å². The molecule has 2 N–H and O–H groups in total. The second-order valence-corrected chi connectivity index (χ2v) is 4.34. The van der Waals surface area contributed by atoms with Gasteiger partial charge in [-0.25, -0.2) is 14.1 Å². The highest BCUT2D eigenvalue weighted by Gasteiger charge is 2.06. The molecule has 104 valence electrons. The average molecular weight is 281 g/mol. The van der Waals surface area contributed by atoms with Crippen LogP contribution in [-0.4, -0.2) is 20.9 Å². The minimum atomic E-state index is -0.285. The first-order chi connectivity index (χ1) is 10.2. The molecule has 5 nitrogen and oxygen atoms in total. The molecule has 0 saturated carbocycles. The molecule has 0 aliphatic rings. The first-order valence-electron chi connectivity index (χ1n) is 6.28. The van der Waals surface area contributed by atoms with Crippen molar-refractivity contribution in [3.8, 4) is 11.4 Å². The SMILES string of the molecule is Nc1nc(-c2ccccn2)cn1N=Cc1ccc(F)cc1. The number of benzene rings is 1. The third kappa shape index (κ3) is 2.94. The number of rotatable bonds is 3. The maximum absolute atomic E-state index is 12.8. The van der Waals surface area contributed by atoms with Gasteiger partial charge in [0.15, 0.2) is 0 Å². The van der Waals surface area contributed by atoms with Crippen molar-refractivity contribution in [3.63, 3.8) is 0 Å². The van der Waals surface area contributed by atoms with Crippen molar-refractivity contribution >= 4 is 12.2 Å². The zero-order valence-electron chi connectivity index (χ0n) is 11.0. The van der Waals surface area contributed by atoms with E-state index in [0.717, 1.165) is 11.3 Å². The number of aromatic nitrogens is 3. The van der Waals surface area contributed by atoms with Crippen molar-refractivity contribution in [2.24, 2.45) is 5.10 Å². The van der Waals surface area contributed by atoms with E-state index in [1.165, 1.54) is 16.8 Å². The summed E-state index contributed by atoms with van der Waals surface area (Å²) in [5, 5.41) is 4.21. The molecule has 21 heavy (non-hydrogen) atoms. The first kappa shape index (κ1) is 13.0. The smallest absolute Gasteiger partial charge is 0.221 e. The van der Waals surface area contributed by atoms with Crippen LogP contribution in [0.15, 0.2) is 60.0 Å². The minimum Gasteiger partial charge on any atom is -0.368 e. The van der Waals surface area contributed by atoms with Gasteiger partial charge in [0.25, 0.3) is 0 Å². The summed E-state index contributed by atoms with van der Waals surface area (Å²) in [5.41, 5.74) is 7.95. The normalized spacial score (nSPS) is 11.1. The van der Waals surface area contributed by atoms with Gasteiger partial charge in [-0.15, -0.1) is 0 Å². The average Bonchev–Trinajstić information content (AvgIpc) is 2.89. The number of nitrogens with zero attached hydrogens (tertiary/aromatic N) is 4. The van der Waals surface area contributed by atoms with Crippen LogP contribution in [0.25, 0.3) is 11.4 Å². The van der Waals surface area contributed by atoms with Crippen molar-refractivity contribution < 1.29 is 4.39 Å². The van der Waals surface area contributed by atoms with E-state index in [2.05, 4.69) is 15.1 Å². The molecular weight excluding hydrogens is 269 g/mol. The van der Waals surface area contributed by atoms with Gasteiger partial charge in [0, 0.05) is 6.20 Å². The fourth-order valence-electron chi connectivity index (χ4n) is 1.79. The van der Waals surface area contributed by atoms with Crippen molar-refractivity contribution in [1.82, 2.24) is 14.6 Å². The molecule has 0 fully saturated rings. The van der Waals surface area contributed by atoms with Gasteiger partial charge in [-0.3, -0.25) is 4.98 Å². The molecule has 2 heterocycles. The Hall–Kier alpha value is -3.02. The van der Waals surface area contributed by atoms with Gasteiger partial charge >= 0.3 is 0 Å². The van der Waals surface area contributed by atoms with E-state index in [4.69, 9.17) is 5.73 Å². The lowest BCUT2D eigenvalue weighted by Gasteiger charge is -1.95. The second-order valence-electron chi connectivity index (χ2n) is 4.34. The van der Waals surface area contributed by atoms with Crippen molar-refractivity contribution in [3.05, 3.63) is 66.2 Å². The predicted octanol–water partition coefficient (Wildman–Crippen LogP) is 2.55. The molecule has 2 aromatic heterocycles. The van der Waals surface area contributed by atoms with E-state index in [-0.39, 0.29) is 11.8 Å². The van der Waals surface area contributed by atoms with Gasteiger partial charge in [0.1, 0.15) is 11.5 Å². The number of hydrogen-bond donors (Lipinski definition) is 1. The standard InChI is InChI=1S/C15H12FN5/c16-12-6-4-11(5-7-12)9-19-21-10-14(20-15(21)17)13-3-1-2-8-18-13/h1-10H,(H2,17,20). The van der Waals surface area contributed by atoms with Crippen molar-refractivity contribution in [1.29, 1.82) is 0 Å². The van der Waals surface area contributed by atoms with Gasteiger partial charge in [-0.05, 0) is 29.8 Å². The number of nitrogen functional groups attached to an aromatic ring is 1. The molecule has 6 heteroatoms. The highest BCUT2D eigenvalue weighted by Crippen LogP contribution is 2.16. The number of halogens is 1. The summed E-state index contributed by atoms with van der Waals surface area (Å²) in [4.78, 5) is 8.42. The maximum atomic E-state index is 12.8. The lowest BCUT2D eigenvalue weighted by molar-refractivity contribution is 0.628. The Bertz CT molecular complexity index is 763. The number of imidazole rings is 1. The number of hydrogen-bond acceptors (Lipinski definition) is 4. The monoisotopic (exact) mass is 281 g/mol. The van der Waals surface area contributed by atoms with E-state index < -0.39 is 0 Å². The molecule has 0 spiro atoms. The molecule has 0 unspecified atom stereocenters. The summed E-state index contributed by atoms with van der Waals surface area (Å²) in [5.74, 6) is -0.0271. The van der Waals surface area contributed by atoms with Crippen LogP contribution in [0.3, 0.4) is 0 Å². The van der Waals surface area contributed by atoms with Gasteiger partial charge < -0.3 is 5.73 Å². The summed E-state index contributed by atoms with van der Waals surface area (Å²) in [6, 6.07) is 11.6. The predicted molar refractivity (Wildman–Crippen MR) is 79.3 cm³/mol. The molecule has 0 aliphatic carbocycles. The minimum absolute atomic E-state index is 0.258. The zero-order valence-corrected chi connectivity index (χ0v) is 11.0. The van der Waals surface area contributed by atoms with Crippen molar-refractivity contribution in [2.75, 3.05) is 5.73 Å². The first-order valence-corrected chi connectivity index (χ1v) is 6.28. The Morgan fingerprint density at radius 1 is 1.10 bits per heavy atom. The van der Waals surface area contributed by atoms with Gasteiger partial charge in [0.2, 0.25) is 5.95 Å². The maximum Gasteiger partial charge on any atom is 0.221 e. The summed E-state index contributed by atoms with van der Waals surface area (Å²) in [6.45, 7) is 0. The van der Waals surface area contributed by atoms with E-state index >= 15 is 0 Å². The van der Waals surface area contributed by atoms with Gasteiger partial charge in [0.05, 0.1) is 18.1 Å². The van der Waals surface area contributed by atoms with Crippen molar-refractivity contribution in [2.45, 2.75) is 0 Å². The Labute approximate surface area is 120 Å². The third-order valence-electron chi connectivity index (χ3n) is 2.84. The Morgan fingerprint density at radius 3 is 2.62 bits per heavy atom. The Balaban J connectivity index is 1.86. The molecule has 0 saturated heterocycles. The summed E-state index contributed by atoms with van der Waals surface area (Å²) < 4.78 is 14.3. The molecule has 0 aliphatic heterocycles. The fraction of sp³-hybridized carbons (Fsp3) is 0. The van der Waals surface area contributed by atoms with Crippen LogP contribution in [0.2, 0.25) is 0 Å². The molecule has 0 atom stereocenters. The van der Waals surface area contributed by atoms with E-state index in [1.807, 2.05) is 18.2 Å². The number of nitrogens with two attached hydrogens (primary N) is 1. The molecule has 3 aromatic rings. The zero-order chi connectivity index (χ0) is 14.7. The second kappa shape index (κ2) is 5.54. The fourth-order valence-corrected chi connectivity index (χ4v) is 1.79. The molecule has 0 radical (unpaired) electrons. The molecule has 1 aromatic carbocycles. The van der Waals surface area contributed by atoms with Crippen LogP contribution in [0, 0.1) is 5.82 Å². The van der Waals surface area contributed by atoms with Crippen LogP contribution in [-0.2, 0) is 0 Å². The number of anilines is 1. The Morgan fingerprint density at radius 2 is 1.90 bits per heavy atom. The topological polar surface area (TPSA) is 69.1 Å². The van der Waals surface area contributed by atoms with Gasteiger partial charge in [-0.2, -0.15) is 5.10 Å². The summed E-state index contributed by atoms with van der Waals surface area (Å²) >= 11 is 0. The van der Waals surface area contributed by atoms with Crippen LogP contribution < -0.4 is 5.73 Å². The van der Waals surface area contributed by atoms with Crippen LogP contribution >= 0.6 is 0 Å².